The molecule has 10 heteroatoms. The summed E-state index contributed by atoms with van der Waals surface area (Å²) in [6.45, 7) is 0. The van der Waals surface area contributed by atoms with Crippen LogP contribution in [0.1, 0.15) is 11.1 Å². The fourth-order valence-corrected chi connectivity index (χ4v) is 2.53. The van der Waals surface area contributed by atoms with Gasteiger partial charge in [-0.3, -0.25) is 0 Å². The number of hydrogen-bond donors (Lipinski definition) is 6. The van der Waals surface area contributed by atoms with Crippen LogP contribution in [0.25, 0.3) is 6.08 Å². The van der Waals surface area contributed by atoms with Crippen LogP contribution < -0.4 is 0 Å². The van der Waals surface area contributed by atoms with Gasteiger partial charge in [0.25, 0.3) is 0 Å². The molecule has 0 amide bonds. The van der Waals surface area contributed by atoms with Crippen LogP contribution in [0.2, 0.25) is 0 Å². The van der Waals surface area contributed by atoms with Crippen LogP contribution in [-0.4, -0.2) is 60.3 Å². The molecule has 0 bridgehead atoms. The van der Waals surface area contributed by atoms with Crippen LogP contribution in [-0.2, 0) is 25.5 Å². The summed E-state index contributed by atoms with van der Waals surface area (Å²) in [6, 6.07) is 8.73. The van der Waals surface area contributed by atoms with Crippen molar-refractivity contribution in [1.82, 2.24) is 0 Å². The first-order chi connectivity index (χ1) is 14.0. The minimum absolute atomic E-state index is 0.00698. The largest absolute Gasteiger partial charge is 0.508 e. The van der Waals surface area contributed by atoms with Crippen LogP contribution in [0.15, 0.2) is 48.5 Å². The normalized spacial score (nSPS) is 14.0. The zero-order valence-electron chi connectivity index (χ0n) is 15.3. The number of ether oxygens (including phenoxy) is 1. The van der Waals surface area contributed by atoms with Crippen molar-refractivity contribution < 1.29 is 49.8 Å². The van der Waals surface area contributed by atoms with Crippen molar-refractivity contribution in [3.63, 3.8) is 0 Å². The third kappa shape index (κ3) is 5.26. The molecule has 0 radical (unpaired) electrons. The van der Waals surface area contributed by atoms with Crippen molar-refractivity contribution in [2.24, 2.45) is 0 Å². The molecule has 2 aromatic carbocycles. The van der Waals surface area contributed by atoms with Crippen LogP contribution in [0, 0.1) is 0 Å². The van der Waals surface area contributed by atoms with E-state index in [2.05, 4.69) is 0 Å². The van der Waals surface area contributed by atoms with Crippen LogP contribution in [0.5, 0.6) is 17.2 Å². The van der Waals surface area contributed by atoms with Gasteiger partial charge in [-0.25, -0.2) is 14.4 Å². The number of aromatic hydroxyl groups is 3. The number of carbonyl (C=O) groups is 3. The second-order valence-corrected chi connectivity index (χ2v) is 6.31. The Morgan fingerprint density at radius 2 is 1.60 bits per heavy atom. The van der Waals surface area contributed by atoms with Gasteiger partial charge in [0.2, 0.25) is 11.7 Å². The Bertz CT molecular complexity index is 980. The molecule has 2 rings (SSSR count). The molecule has 0 heterocycles. The lowest BCUT2D eigenvalue weighted by atomic mass is 9.88. The summed E-state index contributed by atoms with van der Waals surface area (Å²) in [5.41, 5.74) is -2.64. The number of phenolic OH excluding ortho intramolecular Hbond substituents is 3. The van der Waals surface area contributed by atoms with E-state index in [1.807, 2.05) is 0 Å². The average molecular weight is 418 g/mol. The molecule has 2 aromatic rings. The highest BCUT2D eigenvalue weighted by molar-refractivity contribution is 5.93. The summed E-state index contributed by atoms with van der Waals surface area (Å²) >= 11 is 0. The molecule has 2 atom stereocenters. The summed E-state index contributed by atoms with van der Waals surface area (Å²) in [6.07, 6.45) is -1.26. The highest BCUT2D eigenvalue weighted by atomic mass is 16.6. The molecule has 158 valence electrons. The average Bonchev–Trinajstić information content (AvgIpc) is 2.68. The van der Waals surface area contributed by atoms with Gasteiger partial charge in [-0.2, -0.15) is 0 Å². The number of phenols is 3. The van der Waals surface area contributed by atoms with Crippen molar-refractivity contribution in [2.75, 3.05) is 0 Å². The molecule has 0 saturated carbocycles. The minimum atomic E-state index is -3.07. The van der Waals surface area contributed by atoms with Gasteiger partial charge in [-0.05, 0) is 41.5 Å². The summed E-state index contributed by atoms with van der Waals surface area (Å²) in [4.78, 5) is 35.2. The highest BCUT2D eigenvalue weighted by Gasteiger charge is 2.51. The first kappa shape index (κ1) is 22.2. The molecule has 6 N–H and O–H groups in total. The minimum Gasteiger partial charge on any atom is -0.508 e. The summed E-state index contributed by atoms with van der Waals surface area (Å²) in [5.74, 6) is -6.23. The predicted octanol–water partition coefficient (Wildman–Crippen LogP) is 0.871. The zero-order valence-corrected chi connectivity index (χ0v) is 15.3. The lowest BCUT2D eigenvalue weighted by Crippen LogP contribution is -2.56. The standard InChI is InChI=1S/C20H18O10/c21-13-5-1-11(2-6-13)4-8-16(24)30-17(18(25)26)20(29,19(27)28)10-12-3-7-14(22)15(23)9-12/h1-9,17,21-23,29H,10H2,(H,25,26)(H,27,28)/b8-4+/t17-,20+/m0/s1. The van der Waals surface area contributed by atoms with Gasteiger partial charge in [-0.15, -0.1) is 0 Å². The summed E-state index contributed by atoms with van der Waals surface area (Å²) in [7, 11) is 0. The van der Waals surface area contributed by atoms with Crippen LogP contribution in [0.3, 0.4) is 0 Å². The van der Waals surface area contributed by atoms with E-state index in [9.17, 15) is 45.0 Å². The second kappa shape index (κ2) is 8.97. The molecule has 30 heavy (non-hydrogen) atoms. The summed E-state index contributed by atoms with van der Waals surface area (Å²) in [5, 5.41) is 57.4. The number of aliphatic carboxylic acids is 2. The predicted molar refractivity (Wildman–Crippen MR) is 101 cm³/mol. The lowest BCUT2D eigenvalue weighted by Gasteiger charge is -2.29. The van der Waals surface area contributed by atoms with Gasteiger partial charge < -0.3 is 35.4 Å². The van der Waals surface area contributed by atoms with E-state index in [0.717, 1.165) is 24.3 Å². The van der Waals surface area contributed by atoms with Crippen LogP contribution >= 0.6 is 0 Å². The van der Waals surface area contributed by atoms with E-state index in [4.69, 9.17) is 4.74 Å². The zero-order chi connectivity index (χ0) is 22.5. The van der Waals surface area contributed by atoms with Gasteiger partial charge in [0.15, 0.2) is 11.5 Å². The van der Waals surface area contributed by atoms with Gasteiger partial charge >= 0.3 is 17.9 Å². The van der Waals surface area contributed by atoms with Crippen LogP contribution in [0.4, 0.5) is 0 Å². The summed E-state index contributed by atoms with van der Waals surface area (Å²) < 4.78 is 4.69. The van der Waals surface area contributed by atoms with Crippen molar-refractivity contribution >= 4 is 24.0 Å². The number of esters is 1. The molecular formula is C20H18O10. The van der Waals surface area contributed by atoms with Gasteiger partial charge in [-0.1, -0.05) is 18.2 Å². The van der Waals surface area contributed by atoms with Gasteiger partial charge in [0.05, 0.1) is 0 Å². The first-order valence-corrected chi connectivity index (χ1v) is 8.40. The van der Waals surface area contributed by atoms with E-state index >= 15 is 0 Å². The van der Waals surface area contributed by atoms with E-state index in [-0.39, 0.29) is 11.3 Å². The number of carbonyl (C=O) groups excluding carboxylic acids is 1. The molecular weight excluding hydrogens is 400 g/mol. The first-order valence-electron chi connectivity index (χ1n) is 8.40. The maximum Gasteiger partial charge on any atom is 0.348 e. The quantitative estimate of drug-likeness (QED) is 0.204. The highest BCUT2D eigenvalue weighted by Crippen LogP contribution is 2.29. The van der Waals surface area contributed by atoms with E-state index in [1.54, 1.807) is 0 Å². The monoisotopic (exact) mass is 418 g/mol. The smallest absolute Gasteiger partial charge is 0.348 e. The Morgan fingerprint density at radius 3 is 2.13 bits per heavy atom. The fraction of sp³-hybridized carbons (Fsp3) is 0.150. The Balaban J connectivity index is 2.25. The lowest BCUT2D eigenvalue weighted by molar-refractivity contribution is -0.192. The Labute approximate surface area is 169 Å². The number of hydrogen-bond acceptors (Lipinski definition) is 8. The number of rotatable bonds is 8. The third-order valence-electron chi connectivity index (χ3n) is 4.08. The molecule has 0 spiro atoms. The number of carboxylic acid groups (broad SMARTS) is 2. The Kier molecular flexibility index (Phi) is 6.65. The molecule has 0 aliphatic heterocycles. The maximum absolute atomic E-state index is 12.0. The van der Waals surface area contributed by atoms with Crippen molar-refractivity contribution in [3.8, 4) is 17.2 Å². The van der Waals surface area contributed by atoms with Gasteiger partial charge in [0, 0.05) is 12.5 Å². The molecule has 0 unspecified atom stereocenters. The maximum atomic E-state index is 12.0. The van der Waals surface area contributed by atoms with Crippen molar-refractivity contribution in [3.05, 3.63) is 59.7 Å². The molecule has 0 aliphatic carbocycles. The second-order valence-electron chi connectivity index (χ2n) is 6.31. The Hall–Kier alpha value is -4.05. The fourth-order valence-electron chi connectivity index (χ4n) is 2.53. The topological polar surface area (TPSA) is 182 Å². The molecule has 0 aliphatic rings. The molecule has 0 saturated heterocycles. The number of benzene rings is 2. The SMILES string of the molecule is O=C(/C=C/c1ccc(O)cc1)O[C@@H](C(=O)O)[C@](O)(Cc1ccc(O)c(O)c1)C(=O)O. The molecule has 10 nitrogen and oxygen atoms in total. The number of aliphatic hydroxyl groups is 1. The molecule has 0 fully saturated rings. The van der Waals surface area contributed by atoms with E-state index < -0.39 is 47.5 Å². The van der Waals surface area contributed by atoms with E-state index in [0.29, 0.717) is 5.56 Å². The van der Waals surface area contributed by atoms with Gasteiger partial charge in [0.1, 0.15) is 5.75 Å². The molecule has 0 aromatic heterocycles. The third-order valence-corrected chi connectivity index (χ3v) is 4.08. The van der Waals surface area contributed by atoms with E-state index in [1.165, 1.54) is 30.3 Å². The number of carboxylic acids is 2. The van der Waals surface area contributed by atoms with Crippen molar-refractivity contribution in [2.45, 2.75) is 18.1 Å². The Morgan fingerprint density at radius 1 is 0.967 bits per heavy atom. The van der Waals surface area contributed by atoms with Crippen molar-refractivity contribution in [1.29, 1.82) is 0 Å².